The quantitative estimate of drug-likeness (QED) is 0.103. The van der Waals surface area contributed by atoms with Gasteiger partial charge in [-0.3, -0.25) is 0 Å². The van der Waals surface area contributed by atoms with E-state index in [1.807, 2.05) is 0 Å². The van der Waals surface area contributed by atoms with E-state index in [1.165, 1.54) is 0 Å². The maximum atomic E-state index is 8.25. The van der Waals surface area contributed by atoms with Crippen LogP contribution in [0.25, 0.3) is 0 Å². The first kappa shape index (κ1) is 71.4. The minimum Gasteiger partial charge on any atom is -0.457 e. The molecular formula is C16H38Ag4N4O22+2. The van der Waals surface area contributed by atoms with Crippen molar-refractivity contribution in [3.05, 3.63) is 61.3 Å². The molecule has 296 valence electrons. The zero-order chi connectivity index (χ0) is 31.3. The molecule has 0 aromatic rings. The Morgan fingerprint density at radius 1 is 0.261 bits per heavy atom. The summed E-state index contributed by atoms with van der Waals surface area (Å²) in [6.45, 7) is 8.89. The standard InChI is InChI=1S/C16H32O8.4Ag.4NO3.2H2O/c1-2-18-5-6-20-9-10-22-13-14-24-16-15-23-12-11-21-8-7-19-4-3-17-1;;;;;4*2-1(3)4;;/h1-16H2;;;;;;;;;2*1H2/q;4*+1;4*-1;;/p+2. The molecule has 0 radical (unpaired) electrons. The second-order valence-corrected chi connectivity index (χ2v) is 5.79. The van der Waals surface area contributed by atoms with Crippen LogP contribution >= 0.6 is 0 Å². The first-order valence-corrected chi connectivity index (χ1v) is 10.8. The first-order chi connectivity index (χ1) is 18.9. The van der Waals surface area contributed by atoms with Crippen LogP contribution < -0.4 is 0 Å². The predicted molar refractivity (Wildman–Crippen MR) is 138 cm³/mol. The molecule has 0 saturated carbocycles. The second-order valence-electron chi connectivity index (χ2n) is 5.79. The molecule has 0 aromatic carbocycles. The van der Waals surface area contributed by atoms with Gasteiger partial charge in [0.15, 0.2) is 0 Å². The average molecular weight is 1070 g/mol. The number of hydrogen-bond acceptors (Lipinski definition) is 20. The van der Waals surface area contributed by atoms with E-state index in [-0.39, 0.29) is 100 Å². The summed E-state index contributed by atoms with van der Waals surface area (Å²) in [5.74, 6) is 0. The van der Waals surface area contributed by atoms with E-state index in [0.29, 0.717) is 106 Å². The molecule has 30 heteroatoms. The van der Waals surface area contributed by atoms with Crippen molar-refractivity contribution < 1.29 is 159 Å². The molecular weight excluding hydrogens is 1030 g/mol. The van der Waals surface area contributed by atoms with Crippen LogP contribution in [0.5, 0.6) is 0 Å². The van der Waals surface area contributed by atoms with Gasteiger partial charge in [-0.1, -0.05) is 0 Å². The van der Waals surface area contributed by atoms with Crippen molar-refractivity contribution in [3.63, 3.8) is 0 Å². The Hall–Kier alpha value is -0.639. The molecule has 1 aliphatic rings. The molecule has 6 N–H and O–H groups in total. The van der Waals surface area contributed by atoms with Crippen molar-refractivity contribution in [1.82, 2.24) is 0 Å². The van der Waals surface area contributed by atoms with E-state index in [2.05, 4.69) is 0 Å². The summed E-state index contributed by atoms with van der Waals surface area (Å²) in [6.07, 6.45) is 0. The number of hydrogen-bond donors (Lipinski definition) is 0. The maximum Gasteiger partial charge on any atom is 1.00 e. The van der Waals surface area contributed by atoms with Gasteiger partial charge in [0.2, 0.25) is 0 Å². The van der Waals surface area contributed by atoms with Crippen molar-refractivity contribution in [1.29, 1.82) is 0 Å². The fraction of sp³-hybridized carbons (Fsp3) is 1.00. The molecule has 0 atom stereocenters. The molecule has 0 unspecified atom stereocenters. The zero-order valence-electron chi connectivity index (χ0n) is 23.6. The minimum absolute atomic E-state index is 0. The van der Waals surface area contributed by atoms with Gasteiger partial charge in [-0.05, 0) is 0 Å². The van der Waals surface area contributed by atoms with Crippen molar-refractivity contribution >= 4 is 0 Å². The summed E-state index contributed by atoms with van der Waals surface area (Å²) >= 11 is 0. The van der Waals surface area contributed by atoms with Crippen LogP contribution in [-0.2, 0) is 138 Å². The van der Waals surface area contributed by atoms with Gasteiger partial charge >= 0.3 is 89.5 Å². The molecule has 1 rings (SSSR count). The number of ether oxygens (including phenoxy) is 8. The normalized spacial score (nSPS) is 14.6. The summed E-state index contributed by atoms with van der Waals surface area (Å²) in [7, 11) is 0. The van der Waals surface area contributed by atoms with Crippen LogP contribution in [0.15, 0.2) is 0 Å². The van der Waals surface area contributed by atoms with Crippen molar-refractivity contribution in [2.24, 2.45) is 0 Å². The van der Waals surface area contributed by atoms with Crippen molar-refractivity contribution in [2.45, 2.75) is 0 Å². The summed E-state index contributed by atoms with van der Waals surface area (Å²) in [6, 6.07) is 0. The van der Waals surface area contributed by atoms with Crippen LogP contribution in [0, 0.1) is 61.3 Å². The zero-order valence-corrected chi connectivity index (χ0v) is 29.6. The Kier molecular flexibility index (Phi) is 104. The first-order valence-electron chi connectivity index (χ1n) is 10.8. The molecule has 0 aliphatic carbocycles. The third kappa shape index (κ3) is 143. The van der Waals surface area contributed by atoms with E-state index in [0.717, 1.165) is 0 Å². The third-order valence-corrected chi connectivity index (χ3v) is 2.98. The van der Waals surface area contributed by atoms with Gasteiger partial charge in [-0.2, -0.15) is 0 Å². The average Bonchev–Trinajstić information content (AvgIpc) is 2.81. The van der Waals surface area contributed by atoms with E-state index in [1.54, 1.807) is 0 Å². The summed E-state index contributed by atoms with van der Waals surface area (Å²) < 4.78 is 43.1. The third-order valence-electron chi connectivity index (χ3n) is 2.98. The molecule has 0 aromatic heterocycles. The molecule has 26 nitrogen and oxygen atoms in total. The van der Waals surface area contributed by atoms with Crippen LogP contribution in [0.2, 0.25) is 0 Å². The molecule has 1 saturated heterocycles. The summed E-state index contributed by atoms with van der Waals surface area (Å²) in [5.41, 5.74) is 0. The fourth-order valence-electron chi connectivity index (χ4n) is 1.76. The Balaban J connectivity index is -0.0000000619. The SMILES string of the molecule is C1COCCOCCOCCOCCOCCOCCOCCO1.O=[N+]([O-])[O-].O=[N+]([O-])[O-].O=[N+]([O-])[O-].O=[N+]([O-])[O-].[Ag+].[Ag+].[Ag+].[Ag+].[OH3+].[OH3+]. The molecule has 0 amide bonds. The van der Waals surface area contributed by atoms with Gasteiger partial charge in [-0.25, -0.2) is 0 Å². The van der Waals surface area contributed by atoms with Crippen LogP contribution in [0.3, 0.4) is 0 Å². The van der Waals surface area contributed by atoms with Crippen LogP contribution in [-0.4, -0.2) is 126 Å². The summed E-state index contributed by atoms with van der Waals surface area (Å²) in [4.78, 5) is 33.0. The van der Waals surface area contributed by atoms with Crippen molar-refractivity contribution in [3.8, 4) is 0 Å². The Morgan fingerprint density at radius 3 is 0.348 bits per heavy atom. The number of rotatable bonds is 0. The predicted octanol–water partition coefficient (Wildman–Crippen LogP) is -2.68. The molecule has 0 spiro atoms. The van der Waals surface area contributed by atoms with Crippen LogP contribution in [0.4, 0.5) is 0 Å². The van der Waals surface area contributed by atoms with Gasteiger partial charge < -0.3 is 110 Å². The fourth-order valence-corrected chi connectivity index (χ4v) is 1.76. The largest absolute Gasteiger partial charge is 1.00 e. The van der Waals surface area contributed by atoms with E-state index in [4.69, 9.17) is 99.2 Å². The summed E-state index contributed by atoms with van der Waals surface area (Å²) in [5, 5.41) is 59.0. The van der Waals surface area contributed by atoms with Crippen molar-refractivity contribution in [2.75, 3.05) is 106 Å². The van der Waals surface area contributed by atoms with E-state index in [9.17, 15) is 0 Å². The second kappa shape index (κ2) is 66.7. The Labute approximate surface area is 323 Å². The maximum absolute atomic E-state index is 8.25. The minimum atomic E-state index is -1.75. The molecule has 1 fully saturated rings. The van der Waals surface area contributed by atoms with E-state index >= 15 is 0 Å². The Bertz CT molecular complexity index is 422. The van der Waals surface area contributed by atoms with Gasteiger partial charge in [0, 0.05) is 0 Å². The smallest absolute Gasteiger partial charge is 0.457 e. The van der Waals surface area contributed by atoms with Gasteiger partial charge in [0.25, 0.3) is 0 Å². The van der Waals surface area contributed by atoms with Gasteiger partial charge in [-0.15, -0.1) is 0 Å². The molecule has 1 heterocycles. The van der Waals surface area contributed by atoms with Gasteiger partial charge in [0.1, 0.15) is 0 Å². The topological polar surface area (TPSA) is 405 Å². The molecule has 46 heavy (non-hydrogen) atoms. The monoisotopic (exact) mass is 1070 g/mol. The Morgan fingerprint density at radius 2 is 0.304 bits per heavy atom. The van der Waals surface area contributed by atoms with E-state index < -0.39 is 20.3 Å². The molecule has 1 aliphatic heterocycles. The van der Waals surface area contributed by atoms with Gasteiger partial charge in [0.05, 0.1) is 126 Å². The molecule has 0 bridgehead atoms. The number of nitrogens with zero attached hydrogens (tertiary/aromatic N) is 4. The van der Waals surface area contributed by atoms with Crippen LogP contribution in [0.1, 0.15) is 0 Å².